The van der Waals surface area contributed by atoms with E-state index in [1.54, 1.807) is 7.11 Å². The van der Waals surface area contributed by atoms with Gasteiger partial charge in [-0.15, -0.1) is 11.3 Å². The van der Waals surface area contributed by atoms with Crippen LogP contribution in [0, 0.1) is 0 Å². The van der Waals surface area contributed by atoms with Gasteiger partial charge in [0, 0.05) is 23.9 Å². The first kappa shape index (κ1) is 17.0. The van der Waals surface area contributed by atoms with Crippen LogP contribution in [-0.2, 0) is 16.0 Å². The second kappa shape index (κ2) is 8.28. The maximum atomic E-state index is 11.8. The minimum absolute atomic E-state index is 0.0525. The van der Waals surface area contributed by atoms with Crippen molar-refractivity contribution in [2.45, 2.75) is 19.3 Å². The van der Waals surface area contributed by atoms with Gasteiger partial charge in [-0.25, -0.2) is 4.98 Å². The van der Waals surface area contributed by atoms with Crippen molar-refractivity contribution in [2.24, 2.45) is 0 Å². The zero-order valence-electron chi connectivity index (χ0n) is 12.7. The third kappa shape index (κ3) is 5.37. The van der Waals surface area contributed by atoms with Crippen LogP contribution in [0.1, 0.15) is 18.5 Å². The molecule has 122 valence electrons. The molecule has 1 heterocycles. The topological polar surface area (TPSA) is 88.5 Å². The summed E-state index contributed by atoms with van der Waals surface area (Å²) in [5, 5.41) is 13.9. The van der Waals surface area contributed by atoms with Gasteiger partial charge in [0.1, 0.15) is 10.8 Å². The summed E-state index contributed by atoms with van der Waals surface area (Å²) in [6, 6.07) is 7.60. The first-order valence-electron chi connectivity index (χ1n) is 7.16. The number of hydrogen-bond donors (Lipinski definition) is 2. The van der Waals surface area contributed by atoms with Crippen molar-refractivity contribution in [3.63, 3.8) is 0 Å². The van der Waals surface area contributed by atoms with Crippen LogP contribution in [0.25, 0.3) is 10.6 Å². The number of rotatable bonds is 8. The largest absolute Gasteiger partial charge is 0.497 e. The summed E-state index contributed by atoms with van der Waals surface area (Å²) >= 11 is 1.47. The molecule has 23 heavy (non-hydrogen) atoms. The Morgan fingerprint density at radius 2 is 2.22 bits per heavy atom. The molecule has 2 aromatic rings. The molecule has 7 heteroatoms. The number of nitrogens with one attached hydrogen (secondary N) is 1. The van der Waals surface area contributed by atoms with Crippen molar-refractivity contribution >= 4 is 23.2 Å². The number of aromatic nitrogens is 1. The van der Waals surface area contributed by atoms with E-state index in [1.807, 2.05) is 29.6 Å². The highest BCUT2D eigenvalue weighted by molar-refractivity contribution is 7.13. The third-order valence-corrected chi connectivity index (χ3v) is 4.04. The first-order valence-corrected chi connectivity index (χ1v) is 8.04. The summed E-state index contributed by atoms with van der Waals surface area (Å²) in [4.78, 5) is 26.6. The van der Waals surface area contributed by atoms with Crippen LogP contribution in [0.3, 0.4) is 0 Å². The van der Waals surface area contributed by atoms with Crippen molar-refractivity contribution < 1.29 is 19.4 Å². The fourth-order valence-corrected chi connectivity index (χ4v) is 2.79. The van der Waals surface area contributed by atoms with E-state index in [2.05, 4.69) is 10.3 Å². The minimum Gasteiger partial charge on any atom is -0.497 e. The van der Waals surface area contributed by atoms with Crippen LogP contribution >= 0.6 is 11.3 Å². The number of carbonyl (C=O) groups is 2. The van der Waals surface area contributed by atoms with E-state index in [4.69, 9.17) is 9.84 Å². The number of methoxy groups -OCH3 is 1. The Kier molecular flexibility index (Phi) is 6.10. The third-order valence-electron chi connectivity index (χ3n) is 3.10. The average Bonchev–Trinajstić information content (AvgIpc) is 3.00. The monoisotopic (exact) mass is 334 g/mol. The first-order chi connectivity index (χ1) is 11.1. The number of nitrogens with zero attached hydrogens (tertiary/aromatic N) is 1. The smallest absolute Gasteiger partial charge is 0.303 e. The SMILES string of the molecule is COc1cccc(-c2nc(CC(=O)NCCCC(=O)O)cs2)c1. The van der Waals surface area contributed by atoms with Gasteiger partial charge in [-0.3, -0.25) is 9.59 Å². The summed E-state index contributed by atoms with van der Waals surface area (Å²) in [5.74, 6) is -0.255. The number of carboxylic acids is 1. The number of carboxylic acid groups (broad SMARTS) is 1. The van der Waals surface area contributed by atoms with E-state index in [-0.39, 0.29) is 18.7 Å². The van der Waals surface area contributed by atoms with Gasteiger partial charge in [-0.2, -0.15) is 0 Å². The van der Waals surface area contributed by atoms with Crippen molar-refractivity contribution in [3.8, 4) is 16.3 Å². The van der Waals surface area contributed by atoms with E-state index in [0.717, 1.165) is 16.3 Å². The number of aliphatic carboxylic acids is 1. The van der Waals surface area contributed by atoms with Crippen molar-refractivity contribution in [3.05, 3.63) is 35.3 Å². The molecule has 0 aliphatic heterocycles. The molecule has 6 nitrogen and oxygen atoms in total. The molecular formula is C16H18N2O4S. The predicted octanol–water partition coefficient (Wildman–Crippen LogP) is 2.34. The van der Waals surface area contributed by atoms with E-state index >= 15 is 0 Å². The van der Waals surface area contributed by atoms with Crippen LogP contribution in [0.4, 0.5) is 0 Å². The van der Waals surface area contributed by atoms with Crippen molar-refractivity contribution in [1.82, 2.24) is 10.3 Å². The molecule has 0 fully saturated rings. The Bertz CT molecular complexity index is 684. The Balaban J connectivity index is 1.89. The molecule has 0 saturated carbocycles. The lowest BCUT2D eigenvalue weighted by Gasteiger charge is -2.02. The highest BCUT2D eigenvalue weighted by Gasteiger charge is 2.09. The van der Waals surface area contributed by atoms with Gasteiger partial charge >= 0.3 is 5.97 Å². The molecule has 0 unspecified atom stereocenters. The predicted molar refractivity (Wildman–Crippen MR) is 87.7 cm³/mol. The molecule has 1 aromatic heterocycles. The summed E-state index contributed by atoms with van der Waals surface area (Å²) in [5.41, 5.74) is 1.64. The Morgan fingerprint density at radius 1 is 1.39 bits per heavy atom. The molecule has 1 amide bonds. The number of carbonyl (C=O) groups excluding carboxylic acids is 1. The zero-order valence-corrected chi connectivity index (χ0v) is 13.6. The average molecular weight is 334 g/mol. The molecule has 0 radical (unpaired) electrons. The fraction of sp³-hybridized carbons (Fsp3) is 0.312. The van der Waals surface area contributed by atoms with E-state index in [0.29, 0.717) is 18.7 Å². The lowest BCUT2D eigenvalue weighted by atomic mass is 10.2. The van der Waals surface area contributed by atoms with Gasteiger partial charge in [-0.1, -0.05) is 12.1 Å². The second-order valence-electron chi connectivity index (χ2n) is 4.90. The minimum atomic E-state index is -0.860. The summed E-state index contributed by atoms with van der Waals surface area (Å²) in [6.07, 6.45) is 0.664. The van der Waals surface area contributed by atoms with E-state index in [1.165, 1.54) is 11.3 Å². The Labute approximate surface area is 138 Å². The van der Waals surface area contributed by atoms with Crippen LogP contribution in [0.15, 0.2) is 29.6 Å². The maximum Gasteiger partial charge on any atom is 0.303 e. The summed E-state index contributed by atoms with van der Waals surface area (Å²) in [6.45, 7) is 0.359. The fourth-order valence-electron chi connectivity index (χ4n) is 1.97. The molecule has 0 saturated heterocycles. The molecule has 0 aliphatic rings. The zero-order chi connectivity index (χ0) is 16.7. The lowest BCUT2D eigenvalue weighted by molar-refractivity contribution is -0.137. The molecule has 0 bridgehead atoms. The van der Waals surface area contributed by atoms with Gasteiger partial charge < -0.3 is 15.2 Å². The molecule has 1 aromatic carbocycles. The van der Waals surface area contributed by atoms with Crippen molar-refractivity contribution in [2.75, 3.05) is 13.7 Å². The maximum absolute atomic E-state index is 11.8. The van der Waals surface area contributed by atoms with Gasteiger partial charge in [0.15, 0.2) is 0 Å². The highest BCUT2D eigenvalue weighted by atomic mass is 32.1. The number of thiazole rings is 1. The van der Waals surface area contributed by atoms with Crippen LogP contribution in [0.5, 0.6) is 5.75 Å². The Hall–Kier alpha value is -2.41. The van der Waals surface area contributed by atoms with E-state index in [9.17, 15) is 9.59 Å². The number of hydrogen-bond acceptors (Lipinski definition) is 5. The molecular weight excluding hydrogens is 316 g/mol. The van der Waals surface area contributed by atoms with Crippen molar-refractivity contribution in [1.29, 1.82) is 0 Å². The van der Waals surface area contributed by atoms with Crippen LogP contribution in [0.2, 0.25) is 0 Å². The normalized spacial score (nSPS) is 10.3. The van der Waals surface area contributed by atoms with Crippen LogP contribution < -0.4 is 10.1 Å². The van der Waals surface area contributed by atoms with Gasteiger partial charge in [0.2, 0.25) is 5.91 Å². The molecule has 2 N–H and O–H groups in total. The molecule has 2 rings (SSSR count). The Morgan fingerprint density at radius 3 is 2.96 bits per heavy atom. The number of amides is 1. The molecule has 0 spiro atoms. The molecule has 0 aliphatic carbocycles. The standard InChI is InChI=1S/C16H18N2O4S/c1-22-13-5-2-4-11(8-13)16-18-12(10-23-16)9-14(19)17-7-3-6-15(20)21/h2,4-5,8,10H,3,6-7,9H2,1H3,(H,17,19)(H,20,21). The molecule has 0 atom stereocenters. The van der Waals surface area contributed by atoms with E-state index < -0.39 is 5.97 Å². The second-order valence-corrected chi connectivity index (χ2v) is 5.76. The summed E-state index contributed by atoms with van der Waals surface area (Å²) < 4.78 is 5.19. The summed E-state index contributed by atoms with van der Waals surface area (Å²) in [7, 11) is 1.61. The highest BCUT2D eigenvalue weighted by Crippen LogP contribution is 2.26. The number of benzene rings is 1. The van der Waals surface area contributed by atoms with Gasteiger partial charge in [0.05, 0.1) is 19.2 Å². The van der Waals surface area contributed by atoms with Gasteiger partial charge in [-0.05, 0) is 18.6 Å². The number of ether oxygens (including phenoxy) is 1. The quantitative estimate of drug-likeness (QED) is 0.723. The van der Waals surface area contributed by atoms with Gasteiger partial charge in [0.25, 0.3) is 0 Å². The van der Waals surface area contributed by atoms with Crippen LogP contribution in [-0.4, -0.2) is 35.6 Å². The lowest BCUT2D eigenvalue weighted by Crippen LogP contribution is -2.26.